The van der Waals surface area contributed by atoms with Crippen molar-refractivity contribution in [2.45, 2.75) is 31.3 Å². The van der Waals surface area contributed by atoms with E-state index in [-0.39, 0.29) is 5.54 Å². The molecule has 3 aliphatic rings. The molecule has 1 saturated carbocycles. The minimum Gasteiger partial charge on any atom is -0.252 e. The molecule has 3 aromatic heterocycles. The molecule has 5 heterocycles. The van der Waals surface area contributed by atoms with Gasteiger partial charge in [-0.1, -0.05) is 72.3 Å². The lowest BCUT2D eigenvalue weighted by molar-refractivity contribution is -0.772. The molecule has 0 N–H and O–H groups in total. The summed E-state index contributed by atoms with van der Waals surface area (Å²) >= 11 is 0. The molecule has 0 radical (unpaired) electrons. The first-order valence-corrected chi connectivity index (χ1v) is 15.7. The first kappa shape index (κ1) is 24.9. The lowest BCUT2D eigenvalue weighted by Gasteiger charge is -2.12. The summed E-state index contributed by atoms with van der Waals surface area (Å²) < 4.78 is 5.10. The molecule has 0 amide bonds. The third-order valence-corrected chi connectivity index (χ3v) is 10.4. The van der Waals surface area contributed by atoms with E-state index in [2.05, 4.69) is 145 Å². The molecule has 1 fully saturated rings. The molecule has 4 heteroatoms. The monoisotopic (exact) mass is 578 g/mol. The van der Waals surface area contributed by atoms with E-state index in [4.69, 9.17) is 9.97 Å². The Morgan fingerprint density at radius 1 is 0.578 bits per heavy atom. The average Bonchev–Trinajstić information content (AvgIpc) is 3.70. The van der Waals surface area contributed by atoms with Gasteiger partial charge in [0.15, 0.2) is 12.4 Å². The Morgan fingerprint density at radius 2 is 1.31 bits per heavy atom. The first-order valence-electron chi connectivity index (χ1n) is 15.7. The van der Waals surface area contributed by atoms with Gasteiger partial charge in [0.1, 0.15) is 5.92 Å². The SMILES string of the molecule is Cc1ccc(-c2ccc(-c3ccc4c(c3)-c3cccc[n+]3C43C4c5ccccc5-c5cc(C)cc[n+]5C43)c3nccnc23)cc1. The molecule has 3 unspecified atom stereocenters. The molecule has 1 spiro atoms. The number of hydrogen-bond acceptors (Lipinski definition) is 2. The van der Waals surface area contributed by atoms with Gasteiger partial charge in [0.25, 0.3) is 5.54 Å². The molecule has 0 saturated heterocycles. The highest BCUT2D eigenvalue weighted by molar-refractivity contribution is 6.00. The molecule has 3 atom stereocenters. The van der Waals surface area contributed by atoms with Crippen LogP contribution in [0.3, 0.4) is 0 Å². The largest absolute Gasteiger partial charge is 0.269 e. The highest BCUT2D eigenvalue weighted by atomic mass is 15.3. The van der Waals surface area contributed by atoms with Gasteiger partial charge in [-0.3, -0.25) is 9.97 Å². The summed E-state index contributed by atoms with van der Waals surface area (Å²) in [4.78, 5) is 9.72. The Hall–Kier alpha value is -5.48. The van der Waals surface area contributed by atoms with Gasteiger partial charge in [-0.05, 0) is 54.3 Å². The zero-order chi connectivity index (χ0) is 29.9. The standard InChI is InChI=1S/C41H30N4/c1-25-10-12-27(13-11-25)29-15-16-30(39-38(29)42-19-20-43-39)28-14-17-34-33(24-28)35-9-5-6-21-45(35)41(34)37-32-8-4-3-7-31(32)36-23-26(2)18-22-44(36)40(37)41/h3-24,37,40H,1-2H3/q+2. The maximum absolute atomic E-state index is 4.89. The Balaban J connectivity index is 1.18. The van der Waals surface area contributed by atoms with Crippen LogP contribution in [0.4, 0.5) is 0 Å². The van der Waals surface area contributed by atoms with Crippen molar-refractivity contribution >= 4 is 11.0 Å². The lowest BCUT2D eigenvalue weighted by atomic mass is 9.91. The average molecular weight is 579 g/mol. The Bertz CT molecular complexity index is 2370. The second-order valence-corrected chi connectivity index (χ2v) is 12.8. The van der Waals surface area contributed by atoms with E-state index in [1.807, 2.05) is 0 Å². The molecule has 2 aliphatic heterocycles. The number of pyridine rings is 2. The fourth-order valence-corrected chi connectivity index (χ4v) is 8.48. The van der Waals surface area contributed by atoms with E-state index < -0.39 is 0 Å². The molecular weight excluding hydrogens is 548 g/mol. The number of fused-ring (bicyclic) bond motifs is 14. The Labute approximate surface area is 262 Å². The van der Waals surface area contributed by atoms with Gasteiger partial charge in [0, 0.05) is 53.3 Å². The summed E-state index contributed by atoms with van der Waals surface area (Å²) in [6.45, 7) is 4.31. The molecule has 45 heavy (non-hydrogen) atoms. The van der Waals surface area contributed by atoms with Crippen LogP contribution >= 0.6 is 0 Å². The molecule has 4 aromatic carbocycles. The van der Waals surface area contributed by atoms with Gasteiger partial charge >= 0.3 is 0 Å². The Morgan fingerprint density at radius 3 is 2.13 bits per heavy atom. The summed E-state index contributed by atoms with van der Waals surface area (Å²) in [5.41, 5.74) is 16.8. The van der Waals surface area contributed by atoms with Crippen LogP contribution < -0.4 is 9.13 Å². The minimum atomic E-state index is -0.178. The quantitative estimate of drug-likeness (QED) is 0.196. The molecule has 10 rings (SSSR count). The summed E-state index contributed by atoms with van der Waals surface area (Å²) in [7, 11) is 0. The van der Waals surface area contributed by atoms with E-state index in [0.717, 1.165) is 33.3 Å². The molecule has 212 valence electrons. The van der Waals surface area contributed by atoms with Gasteiger partial charge in [-0.15, -0.1) is 0 Å². The molecule has 7 aromatic rings. The van der Waals surface area contributed by atoms with Crippen LogP contribution in [0.25, 0.3) is 55.8 Å². The zero-order valence-corrected chi connectivity index (χ0v) is 25.1. The van der Waals surface area contributed by atoms with Crippen molar-refractivity contribution in [3.8, 4) is 44.8 Å². The van der Waals surface area contributed by atoms with E-state index >= 15 is 0 Å². The maximum Gasteiger partial charge on any atom is 0.269 e. The second-order valence-electron chi connectivity index (χ2n) is 12.8. The number of rotatable bonds is 2. The van der Waals surface area contributed by atoms with Gasteiger partial charge in [0.2, 0.25) is 17.4 Å². The van der Waals surface area contributed by atoms with Crippen molar-refractivity contribution in [1.82, 2.24) is 9.97 Å². The van der Waals surface area contributed by atoms with E-state index in [1.165, 1.54) is 44.8 Å². The number of aryl methyl sites for hydroxylation is 2. The highest BCUT2D eigenvalue weighted by Crippen LogP contribution is 2.70. The first-order chi connectivity index (χ1) is 22.1. The smallest absolute Gasteiger partial charge is 0.252 e. The second kappa shape index (κ2) is 8.80. The third-order valence-electron chi connectivity index (χ3n) is 10.4. The van der Waals surface area contributed by atoms with Gasteiger partial charge in [-0.25, -0.2) is 0 Å². The van der Waals surface area contributed by atoms with E-state index in [1.54, 1.807) is 12.4 Å². The van der Waals surface area contributed by atoms with Crippen LogP contribution in [-0.4, -0.2) is 9.97 Å². The van der Waals surface area contributed by atoms with Crippen molar-refractivity contribution in [2.75, 3.05) is 0 Å². The Kier molecular flexibility index (Phi) is 4.87. The third kappa shape index (κ3) is 3.21. The maximum atomic E-state index is 4.89. The van der Waals surface area contributed by atoms with Crippen LogP contribution in [0, 0.1) is 13.8 Å². The predicted molar refractivity (Wildman–Crippen MR) is 176 cm³/mol. The van der Waals surface area contributed by atoms with Crippen LogP contribution in [-0.2, 0) is 5.54 Å². The van der Waals surface area contributed by atoms with E-state index in [9.17, 15) is 0 Å². The number of aromatic nitrogens is 4. The van der Waals surface area contributed by atoms with Crippen LogP contribution in [0.15, 0.2) is 134 Å². The summed E-state index contributed by atoms with van der Waals surface area (Å²) in [6.07, 6.45) is 8.21. The molecule has 1 aliphatic carbocycles. The highest BCUT2D eigenvalue weighted by Gasteiger charge is 2.85. The van der Waals surface area contributed by atoms with Crippen LogP contribution in [0.5, 0.6) is 0 Å². The van der Waals surface area contributed by atoms with Crippen molar-refractivity contribution < 1.29 is 9.13 Å². The predicted octanol–water partition coefficient (Wildman–Crippen LogP) is 7.90. The summed E-state index contributed by atoms with van der Waals surface area (Å²) in [5.74, 6) is 0.354. The number of benzene rings is 4. The minimum absolute atomic E-state index is 0.178. The summed E-state index contributed by atoms with van der Waals surface area (Å²) in [6, 6.07) is 40.7. The number of hydrogen-bond donors (Lipinski definition) is 0. The van der Waals surface area contributed by atoms with E-state index in [0.29, 0.717) is 12.0 Å². The van der Waals surface area contributed by atoms with Crippen molar-refractivity contribution in [1.29, 1.82) is 0 Å². The number of nitrogens with zero attached hydrogens (tertiary/aromatic N) is 4. The fourth-order valence-electron chi connectivity index (χ4n) is 8.48. The van der Waals surface area contributed by atoms with Crippen molar-refractivity contribution in [2.24, 2.45) is 0 Å². The normalized spacial score (nSPS) is 19.9. The molecule has 4 nitrogen and oxygen atoms in total. The zero-order valence-electron chi connectivity index (χ0n) is 25.1. The van der Waals surface area contributed by atoms with Gasteiger partial charge in [-0.2, -0.15) is 9.13 Å². The molecule has 0 bridgehead atoms. The van der Waals surface area contributed by atoms with Crippen molar-refractivity contribution in [3.05, 3.63) is 156 Å². The summed E-state index contributed by atoms with van der Waals surface area (Å²) in [5, 5.41) is 0. The van der Waals surface area contributed by atoms with Crippen LogP contribution in [0.1, 0.15) is 34.2 Å². The van der Waals surface area contributed by atoms with Gasteiger partial charge < -0.3 is 0 Å². The molecular formula is C41H30N4+2. The van der Waals surface area contributed by atoms with Crippen LogP contribution in [0.2, 0.25) is 0 Å². The van der Waals surface area contributed by atoms with Gasteiger partial charge in [0.05, 0.1) is 22.2 Å². The topological polar surface area (TPSA) is 33.5 Å². The lowest BCUT2D eigenvalue weighted by Crippen LogP contribution is -2.50. The fraction of sp³-hybridized carbons (Fsp3) is 0.122. The van der Waals surface area contributed by atoms with Crippen molar-refractivity contribution in [3.63, 3.8) is 0 Å².